The topological polar surface area (TPSA) is 35.5 Å². The normalized spacial score (nSPS) is 15.6. The second-order valence-corrected chi connectivity index (χ2v) is 6.34. The molecule has 0 aliphatic carbocycles. The summed E-state index contributed by atoms with van der Waals surface area (Å²) < 4.78 is 40.8. The zero-order chi connectivity index (χ0) is 17.8. The van der Waals surface area contributed by atoms with E-state index in [4.69, 9.17) is 0 Å². The highest BCUT2D eigenvalue weighted by Gasteiger charge is 2.19. The van der Waals surface area contributed by atoms with Crippen molar-refractivity contribution in [2.75, 3.05) is 18.0 Å². The summed E-state index contributed by atoms with van der Waals surface area (Å²) in [5, 5.41) is 12.6. The average molecular weight is 350 g/mol. The molecule has 25 heavy (non-hydrogen) atoms. The Morgan fingerprint density at radius 2 is 1.72 bits per heavy atom. The van der Waals surface area contributed by atoms with E-state index in [1.165, 1.54) is 18.2 Å². The van der Waals surface area contributed by atoms with E-state index in [1.54, 1.807) is 6.07 Å². The number of benzene rings is 2. The quantitative estimate of drug-likeness (QED) is 0.868. The largest absolute Gasteiger partial charge is 0.393 e. The van der Waals surface area contributed by atoms with Gasteiger partial charge in [0, 0.05) is 37.8 Å². The Balaban J connectivity index is 1.57. The molecule has 2 aromatic carbocycles. The van der Waals surface area contributed by atoms with Crippen molar-refractivity contribution in [1.29, 1.82) is 0 Å². The summed E-state index contributed by atoms with van der Waals surface area (Å²) in [6.07, 6.45) is 0.993. The van der Waals surface area contributed by atoms with Gasteiger partial charge in [0.2, 0.25) is 0 Å². The minimum atomic E-state index is -0.607. The molecule has 0 saturated carbocycles. The lowest BCUT2D eigenvalue weighted by Gasteiger charge is -2.31. The summed E-state index contributed by atoms with van der Waals surface area (Å²) in [6.45, 7) is 1.89. The standard InChI is InChI=1S/C19H21F3N2O/c20-15-3-2-14(17(21)10-15)12-23-11-13-1-4-19(18(22)9-13)24-7-5-16(25)6-8-24/h1-4,9-10,16,23,25H,5-8,11-12H2. The van der Waals surface area contributed by atoms with E-state index in [2.05, 4.69) is 5.32 Å². The van der Waals surface area contributed by atoms with E-state index in [1.807, 2.05) is 11.0 Å². The molecule has 2 N–H and O–H groups in total. The number of halogens is 3. The fraction of sp³-hybridized carbons (Fsp3) is 0.368. The van der Waals surface area contributed by atoms with E-state index in [-0.39, 0.29) is 18.5 Å². The third-order valence-corrected chi connectivity index (χ3v) is 4.48. The van der Waals surface area contributed by atoms with Crippen molar-refractivity contribution in [3.8, 4) is 0 Å². The van der Waals surface area contributed by atoms with Crippen LogP contribution in [0.15, 0.2) is 36.4 Å². The molecular formula is C19H21F3N2O. The Bertz CT molecular complexity index is 731. The zero-order valence-corrected chi connectivity index (χ0v) is 13.8. The van der Waals surface area contributed by atoms with Crippen molar-refractivity contribution in [3.05, 3.63) is 65.0 Å². The third kappa shape index (κ3) is 4.52. The van der Waals surface area contributed by atoms with Crippen LogP contribution in [0.1, 0.15) is 24.0 Å². The molecule has 2 aromatic rings. The number of nitrogens with zero attached hydrogens (tertiary/aromatic N) is 1. The number of anilines is 1. The van der Waals surface area contributed by atoms with Crippen LogP contribution in [0, 0.1) is 17.5 Å². The number of hydrogen-bond acceptors (Lipinski definition) is 3. The lowest BCUT2D eigenvalue weighted by Crippen LogP contribution is -2.36. The molecule has 0 unspecified atom stereocenters. The maximum absolute atomic E-state index is 14.4. The molecule has 0 radical (unpaired) electrons. The highest BCUT2D eigenvalue weighted by Crippen LogP contribution is 2.24. The van der Waals surface area contributed by atoms with Crippen LogP contribution < -0.4 is 10.2 Å². The van der Waals surface area contributed by atoms with E-state index in [0.29, 0.717) is 43.7 Å². The van der Waals surface area contributed by atoms with E-state index in [0.717, 1.165) is 11.6 Å². The summed E-state index contributed by atoms with van der Waals surface area (Å²) >= 11 is 0. The summed E-state index contributed by atoms with van der Waals surface area (Å²) in [7, 11) is 0. The third-order valence-electron chi connectivity index (χ3n) is 4.48. The van der Waals surface area contributed by atoms with Crippen molar-refractivity contribution in [2.24, 2.45) is 0 Å². The van der Waals surface area contributed by atoms with Gasteiger partial charge in [-0.25, -0.2) is 13.2 Å². The molecular weight excluding hydrogens is 329 g/mol. The molecule has 0 atom stereocenters. The van der Waals surface area contributed by atoms with E-state index < -0.39 is 11.6 Å². The molecule has 0 spiro atoms. The van der Waals surface area contributed by atoms with Gasteiger partial charge < -0.3 is 15.3 Å². The molecule has 0 amide bonds. The summed E-state index contributed by atoms with van der Waals surface area (Å²) in [6, 6.07) is 8.49. The molecule has 1 aliphatic heterocycles. The fourth-order valence-corrected chi connectivity index (χ4v) is 3.03. The van der Waals surface area contributed by atoms with Gasteiger partial charge in [-0.15, -0.1) is 0 Å². The molecule has 1 aliphatic rings. The van der Waals surface area contributed by atoms with Gasteiger partial charge in [0.1, 0.15) is 17.5 Å². The Morgan fingerprint density at radius 3 is 2.40 bits per heavy atom. The molecule has 3 rings (SSSR count). The minimum absolute atomic E-state index is 0.236. The van der Waals surface area contributed by atoms with Crippen molar-refractivity contribution in [1.82, 2.24) is 5.32 Å². The Labute approximate surface area is 145 Å². The average Bonchev–Trinajstić information content (AvgIpc) is 2.58. The molecule has 1 saturated heterocycles. The number of nitrogens with one attached hydrogen (secondary N) is 1. The van der Waals surface area contributed by atoms with Gasteiger partial charge in [-0.1, -0.05) is 12.1 Å². The predicted molar refractivity (Wildman–Crippen MR) is 90.8 cm³/mol. The van der Waals surface area contributed by atoms with Crippen LogP contribution in [-0.2, 0) is 13.1 Å². The smallest absolute Gasteiger partial charge is 0.146 e. The Hall–Kier alpha value is -2.05. The van der Waals surface area contributed by atoms with Crippen LogP contribution in [0.3, 0.4) is 0 Å². The van der Waals surface area contributed by atoms with E-state index >= 15 is 0 Å². The first-order valence-electron chi connectivity index (χ1n) is 8.39. The first kappa shape index (κ1) is 17.8. The summed E-state index contributed by atoms with van der Waals surface area (Å²) in [4.78, 5) is 1.94. The Morgan fingerprint density at radius 1 is 0.960 bits per heavy atom. The van der Waals surface area contributed by atoms with Gasteiger partial charge in [-0.2, -0.15) is 0 Å². The molecule has 0 bridgehead atoms. The monoisotopic (exact) mass is 350 g/mol. The molecule has 0 aromatic heterocycles. The zero-order valence-electron chi connectivity index (χ0n) is 13.8. The van der Waals surface area contributed by atoms with Gasteiger partial charge in [0.15, 0.2) is 0 Å². The number of piperidine rings is 1. The summed E-state index contributed by atoms with van der Waals surface area (Å²) in [5.41, 5.74) is 1.66. The first-order valence-corrected chi connectivity index (χ1v) is 8.39. The van der Waals surface area contributed by atoms with Crippen LogP contribution in [0.25, 0.3) is 0 Å². The van der Waals surface area contributed by atoms with Crippen LogP contribution >= 0.6 is 0 Å². The van der Waals surface area contributed by atoms with Crippen LogP contribution in [0.5, 0.6) is 0 Å². The second kappa shape index (κ2) is 7.89. The molecule has 1 heterocycles. The molecule has 134 valence electrons. The van der Waals surface area contributed by atoms with Crippen LogP contribution in [0.2, 0.25) is 0 Å². The highest BCUT2D eigenvalue weighted by molar-refractivity contribution is 5.49. The fourth-order valence-electron chi connectivity index (χ4n) is 3.03. The van der Waals surface area contributed by atoms with Crippen LogP contribution in [-0.4, -0.2) is 24.3 Å². The van der Waals surface area contributed by atoms with Gasteiger partial charge in [-0.3, -0.25) is 0 Å². The molecule has 3 nitrogen and oxygen atoms in total. The van der Waals surface area contributed by atoms with Gasteiger partial charge in [0.25, 0.3) is 0 Å². The van der Waals surface area contributed by atoms with Crippen LogP contribution in [0.4, 0.5) is 18.9 Å². The predicted octanol–water partition coefficient (Wildman–Crippen LogP) is 3.35. The Kier molecular flexibility index (Phi) is 5.60. The van der Waals surface area contributed by atoms with Crippen molar-refractivity contribution >= 4 is 5.69 Å². The van der Waals surface area contributed by atoms with Gasteiger partial charge in [-0.05, 0) is 36.6 Å². The first-order chi connectivity index (χ1) is 12.0. The molecule has 1 fully saturated rings. The van der Waals surface area contributed by atoms with Gasteiger partial charge in [0.05, 0.1) is 11.8 Å². The van der Waals surface area contributed by atoms with Gasteiger partial charge >= 0.3 is 0 Å². The summed E-state index contributed by atoms with van der Waals surface area (Å²) in [5.74, 6) is -1.51. The maximum Gasteiger partial charge on any atom is 0.146 e. The lowest BCUT2D eigenvalue weighted by atomic mass is 10.1. The number of rotatable bonds is 5. The molecule has 6 heteroatoms. The van der Waals surface area contributed by atoms with Crippen molar-refractivity contribution < 1.29 is 18.3 Å². The van der Waals surface area contributed by atoms with Crippen molar-refractivity contribution in [2.45, 2.75) is 32.0 Å². The number of aliphatic hydroxyl groups is 1. The SMILES string of the molecule is OC1CCN(c2ccc(CNCc3ccc(F)cc3F)cc2F)CC1. The maximum atomic E-state index is 14.4. The van der Waals surface area contributed by atoms with Crippen molar-refractivity contribution in [3.63, 3.8) is 0 Å². The second-order valence-electron chi connectivity index (χ2n) is 6.34. The highest BCUT2D eigenvalue weighted by atomic mass is 19.1. The van der Waals surface area contributed by atoms with E-state index in [9.17, 15) is 18.3 Å². The number of hydrogen-bond donors (Lipinski definition) is 2. The number of aliphatic hydroxyl groups excluding tert-OH is 1. The lowest BCUT2D eigenvalue weighted by molar-refractivity contribution is 0.145. The minimum Gasteiger partial charge on any atom is -0.393 e.